The Morgan fingerprint density at radius 1 is 1.10 bits per heavy atom. The molecule has 0 aromatic heterocycles. The van der Waals surface area contributed by atoms with Crippen molar-refractivity contribution in [2.75, 3.05) is 18.2 Å². The lowest BCUT2D eigenvalue weighted by Gasteiger charge is -2.13. The molecule has 0 fully saturated rings. The minimum Gasteiger partial charge on any atom is -0.465 e. The molecule has 0 amide bonds. The zero-order valence-corrected chi connectivity index (χ0v) is 11.9. The van der Waals surface area contributed by atoms with Crippen molar-refractivity contribution in [2.45, 2.75) is 13.8 Å². The monoisotopic (exact) mass is 270 g/mol. The van der Waals surface area contributed by atoms with Gasteiger partial charge in [0.2, 0.25) is 0 Å². The molecule has 4 heteroatoms. The van der Waals surface area contributed by atoms with E-state index < -0.39 is 5.97 Å². The van der Waals surface area contributed by atoms with Crippen molar-refractivity contribution in [3.05, 3.63) is 53.1 Å². The van der Waals surface area contributed by atoms with Crippen LogP contribution < -0.4 is 11.1 Å². The maximum absolute atomic E-state index is 11.4. The molecule has 104 valence electrons. The molecule has 0 aliphatic rings. The fraction of sp³-hybridized carbons (Fsp3) is 0.188. The Bertz CT molecular complexity index is 651. The number of anilines is 3. The van der Waals surface area contributed by atoms with Gasteiger partial charge in [0.15, 0.2) is 0 Å². The highest BCUT2D eigenvalue weighted by molar-refractivity contribution is 5.92. The van der Waals surface area contributed by atoms with E-state index in [0.29, 0.717) is 11.3 Å². The van der Waals surface area contributed by atoms with Crippen molar-refractivity contribution in [3.63, 3.8) is 0 Å². The van der Waals surface area contributed by atoms with Gasteiger partial charge >= 0.3 is 5.97 Å². The molecule has 0 radical (unpaired) electrons. The van der Waals surface area contributed by atoms with Gasteiger partial charge in [0, 0.05) is 5.69 Å². The molecule has 0 saturated carbocycles. The van der Waals surface area contributed by atoms with Crippen molar-refractivity contribution in [2.24, 2.45) is 0 Å². The quantitative estimate of drug-likeness (QED) is 0.662. The number of hydrogen-bond acceptors (Lipinski definition) is 4. The number of nitrogens with two attached hydrogens (primary N) is 1. The summed E-state index contributed by atoms with van der Waals surface area (Å²) in [6.45, 7) is 4.06. The van der Waals surface area contributed by atoms with Crippen molar-refractivity contribution < 1.29 is 9.53 Å². The molecule has 0 aliphatic carbocycles. The van der Waals surface area contributed by atoms with Gasteiger partial charge in [0.1, 0.15) is 0 Å². The maximum Gasteiger partial charge on any atom is 0.337 e. The Morgan fingerprint density at radius 2 is 1.85 bits per heavy atom. The number of nitrogens with one attached hydrogen (secondary N) is 1. The number of benzene rings is 2. The summed E-state index contributed by atoms with van der Waals surface area (Å²) in [5, 5.41) is 3.29. The number of hydrogen-bond donors (Lipinski definition) is 2. The van der Waals surface area contributed by atoms with Crippen molar-refractivity contribution in [3.8, 4) is 0 Å². The lowest BCUT2D eigenvalue weighted by molar-refractivity contribution is 0.0601. The Labute approximate surface area is 118 Å². The molecule has 2 rings (SSSR count). The Hall–Kier alpha value is -2.49. The first-order valence-corrected chi connectivity index (χ1v) is 6.33. The molecule has 0 heterocycles. The molecule has 0 saturated heterocycles. The second-order valence-corrected chi connectivity index (χ2v) is 4.74. The molecule has 2 aromatic carbocycles. The number of methoxy groups -OCH3 is 1. The van der Waals surface area contributed by atoms with Crippen LogP contribution in [0.1, 0.15) is 21.5 Å². The molecule has 20 heavy (non-hydrogen) atoms. The molecule has 4 nitrogen and oxygen atoms in total. The third kappa shape index (κ3) is 2.91. The highest BCUT2D eigenvalue weighted by Crippen LogP contribution is 2.27. The van der Waals surface area contributed by atoms with Gasteiger partial charge in [-0.05, 0) is 49.2 Å². The van der Waals surface area contributed by atoms with Crippen LogP contribution in [0.15, 0.2) is 36.4 Å². The number of carbonyl (C=O) groups excluding carboxylic acids is 1. The highest BCUT2D eigenvalue weighted by Gasteiger charge is 2.09. The van der Waals surface area contributed by atoms with E-state index in [-0.39, 0.29) is 0 Å². The van der Waals surface area contributed by atoms with Crippen molar-refractivity contribution in [1.29, 1.82) is 0 Å². The minimum absolute atomic E-state index is 0.394. The Balaban J connectivity index is 2.30. The van der Waals surface area contributed by atoms with E-state index in [2.05, 4.69) is 28.3 Å². The third-order valence-electron chi connectivity index (χ3n) is 3.14. The first kappa shape index (κ1) is 13.9. The lowest BCUT2D eigenvalue weighted by Crippen LogP contribution is -2.04. The van der Waals surface area contributed by atoms with Gasteiger partial charge in [-0.2, -0.15) is 0 Å². The first-order valence-electron chi connectivity index (χ1n) is 6.33. The van der Waals surface area contributed by atoms with E-state index in [4.69, 9.17) is 5.73 Å². The Morgan fingerprint density at radius 3 is 2.50 bits per heavy atom. The summed E-state index contributed by atoms with van der Waals surface area (Å²) in [5.41, 5.74) is 11.0. The number of ether oxygens (including phenoxy) is 1. The van der Waals surface area contributed by atoms with Crippen LogP contribution in [0.3, 0.4) is 0 Å². The zero-order valence-electron chi connectivity index (χ0n) is 11.9. The highest BCUT2D eigenvalue weighted by atomic mass is 16.5. The molecule has 3 N–H and O–H groups in total. The number of nitrogen functional groups attached to an aromatic ring is 1. The average molecular weight is 270 g/mol. The summed E-state index contributed by atoms with van der Waals surface area (Å²) in [6.07, 6.45) is 0. The molecule has 0 aliphatic heterocycles. The van der Waals surface area contributed by atoms with E-state index in [1.165, 1.54) is 12.7 Å². The standard InChI is InChI=1S/C16H18N2O2/c1-10-4-5-11(2)15(8-10)18-14-7-6-12(9-13(14)17)16(19)20-3/h4-9,18H,17H2,1-3H3. The van der Waals surface area contributed by atoms with Gasteiger partial charge in [-0.3, -0.25) is 0 Å². The van der Waals surface area contributed by atoms with Crippen LogP contribution in [0.4, 0.5) is 17.1 Å². The van der Waals surface area contributed by atoms with Gasteiger partial charge in [0.25, 0.3) is 0 Å². The molecule has 0 unspecified atom stereocenters. The van der Waals surface area contributed by atoms with Crippen LogP contribution in [-0.2, 0) is 4.74 Å². The summed E-state index contributed by atoms with van der Waals surface area (Å²) >= 11 is 0. The number of carbonyl (C=O) groups is 1. The second kappa shape index (κ2) is 5.65. The van der Waals surface area contributed by atoms with E-state index in [1.54, 1.807) is 18.2 Å². The molecular formula is C16H18N2O2. The average Bonchev–Trinajstić information content (AvgIpc) is 2.44. The molecule has 2 aromatic rings. The zero-order chi connectivity index (χ0) is 14.7. The van der Waals surface area contributed by atoms with Gasteiger partial charge < -0.3 is 15.8 Å². The van der Waals surface area contributed by atoms with Crippen molar-refractivity contribution >= 4 is 23.0 Å². The second-order valence-electron chi connectivity index (χ2n) is 4.74. The fourth-order valence-corrected chi connectivity index (χ4v) is 1.94. The number of esters is 1. The van der Waals surface area contributed by atoms with Crippen LogP contribution >= 0.6 is 0 Å². The topological polar surface area (TPSA) is 64.3 Å². The number of aryl methyl sites for hydroxylation is 2. The van der Waals surface area contributed by atoms with Crippen LogP contribution in [-0.4, -0.2) is 13.1 Å². The summed E-state index contributed by atoms with van der Waals surface area (Å²) in [7, 11) is 1.35. The van der Waals surface area contributed by atoms with Crippen LogP contribution in [0.2, 0.25) is 0 Å². The predicted octanol–water partition coefficient (Wildman–Crippen LogP) is 3.42. The molecule has 0 spiro atoms. The van der Waals surface area contributed by atoms with Crippen LogP contribution in [0, 0.1) is 13.8 Å². The predicted molar refractivity (Wildman–Crippen MR) is 81.4 cm³/mol. The SMILES string of the molecule is COC(=O)c1ccc(Nc2cc(C)ccc2C)c(N)c1. The van der Waals surface area contributed by atoms with Crippen LogP contribution in [0.25, 0.3) is 0 Å². The van der Waals surface area contributed by atoms with E-state index in [0.717, 1.165) is 16.9 Å². The minimum atomic E-state index is -0.394. The summed E-state index contributed by atoms with van der Waals surface area (Å²) in [6, 6.07) is 11.3. The fourth-order valence-electron chi connectivity index (χ4n) is 1.94. The van der Waals surface area contributed by atoms with Gasteiger partial charge in [-0.1, -0.05) is 12.1 Å². The van der Waals surface area contributed by atoms with E-state index >= 15 is 0 Å². The van der Waals surface area contributed by atoms with Gasteiger partial charge in [0.05, 0.1) is 24.0 Å². The van der Waals surface area contributed by atoms with E-state index in [9.17, 15) is 4.79 Å². The molecular weight excluding hydrogens is 252 g/mol. The van der Waals surface area contributed by atoms with E-state index in [1.807, 2.05) is 13.8 Å². The normalized spacial score (nSPS) is 10.2. The molecule has 0 bridgehead atoms. The lowest BCUT2D eigenvalue weighted by atomic mass is 10.1. The first-order chi connectivity index (χ1) is 9.51. The third-order valence-corrected chi connectivity index (χ3v) is 3.14. The maximum atomic E-state index is 11.4. The summed E-state index contributed by atoms with van der Waals surface area (Å²) in [5.74, 6) is -0.394. The molecule has 0 atom stereocenters. The van der Waals surface area contributed by atoms with Crippen LogP contribution in [0.5, 0.6) is 0 Å². The van der Waals surface area contributed by atoms with Crippen molar-refractivity contribution in [1.82, 2.24) is 0 Å². The van der Waals surface area contributed by atoms with Gasteiger partial charge in [-0.25, -0.2) is 4.79 Å². The summed E-state index contributed by atoms with van der Waals surface area (Å²) < 4.78 is 4.67. The summed E-state index contributed by atoms with van der Waals surface area (Å²) in [4.78, 5) is 11.4. The number of rotatable bonds is 3. The van der Waals surface area contributed by atoms with Gasteiger partial charge in [-0.15, -0.1) is 0 Å². The Kier molecular flexibility index (Phi) is 3.94. The smallest absolute Gasteiger partial charge is 0.337 e. The largest absolute Gasteiger partial charge is 0.465 e.